The van der Waals surface area contributed by atoms with Crippen LogP contribution in [-0.2, 0) is 10.0 Å². The van der Waals surface area contributed by atoms with Crippen LogP contribution in [0.3, 0.4) is 0 Å². The summed E-state index contributed by atoms with van der Waals surface area (Å²) in [6, 6.07) is 6.18. The summed E-state index contributed by atoms with van der Waals surface area (Å²) in [6.45, 7) is 4.72. The van der Waals surface area contributed by atoms with E-state index in [1.54, 1.807) is 0 Å². The van der Waals surface area contributed by atoms with Gasteiger partial charge < -0.3 is 10.0 Å². The van der Waals surface area contributed by atoms with Gasteiger partial charge in [-0.3, -0.25) is 0 Å². The van der Waals surface area contributed by atoms with Gasteiger partial charge in [-0.2, -0.15) is 0 Å². The largest absolute Gasteiger partial charge is 0.508 e. The van der Waals surface area contributed by atoms with Gasteiger partial charge in [-0.05, 0) is 63.5 Å². The number of hydrogen-bond donors (Lipinski definition) is 2. The molecular weight excluding hydrogens is 288 g/mol. The van der Waals surface area contributed by atoms with Crippen LogP contribution in [0.1, 0.15) is 32.6 Å². The first-order chi connectivity index (χ1) is 9.99. The van der Waals surface area contributed by atoms with Crippen molar-refractivity contribution < 1.29 is 13.5 Å². The minimum atomic E-state index is -3.47. The van der Waals surface area contributed by atoms with E-state index in [9.17, 15) is 13.5 Å². The summed E-state index contributed by atoms with van der Waals surface area (Å²) in [6.07, 6.45) is 4.58. The van der Waals surface area contributed by atoms with E-state index in [2.05, 4.69) is 16.5 Å². The lowest BCUT2D eigenvalue weighted by Gasteiger charge is -2.33. The molecule has 0 aliphatic carbocycles. The lowest BCUT2D eigenvalue weighted by molar-refractivity contribution is 0.159. The fourth-order valence-corrected chi connectivity index (χ4v) is 3.76. The van der Waals surface area contributed by atoms with Gasteiger partial charge in [0.2, 0.25) is 10.0 Å². The Bertz CT molecular complexity index is 543. The molecule has 1 atom stereocenters. The lowest BCUT2D eigenvalue weighted by atomic mass is 10.0. The quantitative estimate of drug-likeness (QED) is 0.788. The molecule has 21 heavy (non-hydrogen) atoms. The van der Waals surface area contributed by atoms with Gasteiger partial charge in [-0.15, -0.1) is 0 Å². The molecule has 2 rings (SSSR count). The summed E-state index contributed by atoms with van der Waals surface area (Å²) >= 11 is 0. The van der Waals surface area contributed by atoms with Gasteiger partial charge in [-0.1, -0.05) is 6.42 Å². The topological polar surface area (TPSA) is 69.6 Å². The molecule has 0 bridgehead atoms. The Morgan fingerprint density at radius 1 is 1.29 bits per heavy atom. The molecule has 5 nitrogen and oxygen atoms in total. The first-order valence-electron chi connectivity index (χ1n) is 7.52. The summed E-state index contributed by atoms with van der Waals surface area (Å²) in [5.74, 6) is 0.0630. The number of phenolic OH excluding ortho intramolecular Hbond substituents is 1. The lowest BCUT2D eigenvalue weighted by Crippen LogP contribution is -2.39. The first kappa shape index (κ1) is 16.3. The van der Waals surface area contributed by atoms with Crippen molar-refractivity contribution in [3.63, 3.8) is 0 Å². The van der Waals surface area contributed by atoms with Gasteiger partial charge >= 0.3 is 0 Å². The molecule has 1 aliphatic rings. The maximum absolute atomic E-state index is 12.1. The van der Waals surface area contributed by atoms with E-state index in [0.717, 1.165) is 19.5 Å². The molecule has 0 radical (unpaired) electrons. The number of phenols is 1. The number of nitrogens with zero attached hydrogens (tertiary/aromatic N) is 1. The van der Waals surface area contributed by atoms with Crippen molar-refractivity contribution in [2.45, 2.75) is 43.5 Å². The predicted octanol–water partition coefficient (Wildman–Crippen LogP) is 1.94. The van der Waals surface area contributed by atoms with Gasteiger partial charge in [0.15, 0.2) is 0 Å². The highest BCUT2D eigenvalue weighted by atomic mass is 32.2. The number of rotatable bonds is 6. The zero-order valence-corrected chi connectivity index (χ0v) is 13.3. The third-order valence-corrected chi connectivity index (χ3v) is 5.48. The second kappa shape index (κ2) is 7.24. The van der Waals surface area contributed by atoms with Crippen LogP contribution < -0.4 is 4.72 Å². The molecule has 1 aliphatic heterocycles. The van der Waals surface area contributed by atoms with Crippen LogP contribution in [0.2, 0.25) is 0 Å². The Morgan fingerprint density at radius 3 is 2.67 bits per heavy atom. The highest BCUT2D eigenvalue weighted by Crippen LogP contribution is 2.16. The van der Waals surface area contributed by atoms with E-state index in [1.165, 1.54) is 43.5 Å². The first-order valence-corrected chi connectivity index (χ1v) is 9.00. The molecule has 0 amide bonds. The van der Waals surface area contributed by atoms with Crippen molar-refractivity contribution in [2.24, 2.45) is 0 Å². The van der Waals surface area contributed by atoms with E-state index in [4.69, 9.17) is 0 Å². The number of sulfonamides is 1. The van der Waals surface area contributed by atoms with Gasteiger partial charge in [-0.25, -0.2) is 13.1 Å². The number of hydrogen-bond acceptors (Lipinski definition) is 4. The van der Waals surface area contributed by atoms with Gasteiger partial charge in [0.25, 0.3) is 0 Å². The molecule has 0 spiro atoms. The van der Waals surface area contributed by atoms with E-state index < -0.39 is 10.0 Å². The smallest absolute Gasteiger partial charge is 0.240 e. The Morgan fingerprint density at radius 2 is 2.00 bits per heavy atom. The van der Waals surface area contributed by atoms with Gasteiger partial charge in [0.1, 0.15) is 5.75 Å². The number of benzene rings is 1. The minimum absolute atomic E-state index is 0.0630. The molecule has 1 aromatic carbocycles. The molecule has 0 saturated carbocycles. The standard InChI is InChI=1S/C15H24N2O3S/c1-13-5-2-3-11-17(13)12-4-10-16-21(19,20)15-8-6-14(18)7-9-15/h6-9,13,16,18H,2-5,10-12H2,1H3. The molecular formula is C15H24N2O3S. The number of piperidine rings is 1. The molecule has 1 heterocycles. The maximum Gasteiger partial charge on any atom is 0.240 e. The van der Waals surface area contributed by atoms with Crippen molar-refractivity contribution in [1.82, 2.24) is 9.62 Å². The second-order valence-electron chi connectivity index (χ2n) is 5.63. The average molecular weight is 312 g/mol. The van der Waals surface area contributed by atoms with Crippen LogP contribution in [0.4, 0.5) is 0 Å². The normalized spacial score (nSPS) is 20.5. The molecule has 6 heteroatoms. The van der Waals surface area contributed by atoms with Gasteiger partial charge in [0.05, 0.1) is 4.90 Å². The van der Waals surface area contributed by atoms with Crippen molar-refractivity contribution in [3.8, 4) is 5.75 Å². The molecule has 0 aromatic heterocycles. The molecule has 118 valence electrons. The van der Waals surface area contributed by atoms with E-state index in [0.29, 0.717) is 12.6 Å². The number of nitrogens with one attached hydrogen (secondary N) is 1. The van der Waals surface area contributed by atoms with Crippen molar-refractivity contribution >= 4 is 10.0 Å². The number of likely N-dealkylation sites (tertiary alicyclic amines) is 1. The zero-order valence-electron chi connectivity index (χ0n) is 12.5. The van der Waals surface area contributed by atoms with E-state index in [-0.39, 0.29) is 10.6 Å². The summed E-state index contributed by atoms with van der Waals surface area (Å²) < 4.78 is 26.7. The van der Waals surface area contributed by atoms with Crippen LogP contribution in [0, 0.1) is 0 Å². The zero-order chi connectivity index (χ0) is 15.3. The van der Waals surface area contributed by atoms with Crippen LogP contribution in [0.5, 0.6) is 5.75 Å². The minimum Gasteiger partial charge on any atom is -0.508 e. The molecule has 1 unspecified atom stereocenters. The maximum atomic E-state index is 12.1. The van der Waals surface area contributed by atoms with E-state index >= 15 is 0 Å². The Hall–Kier alpha value is -1.11. The van der Waals surface area contributed by atoms with Crippen LogP contribution in [0.25, 0.3) is 0 Å². The molecule has 1 saturated heterocycles. The predicted molar refractivity (Wildman–Crippen MR) is 82.8 cm³/mol. The van der Waals surface area contributed by atoms with Crippen molar-refractivity contribution in [3.05, 3.63) is 24.3 Å². The third kappa shape index (κ3) is 4.69. The summed E-state index contributed by atoms with van der Waals surface area (Å²) in [7, 11) is -3.47. The van der Waals surface area contributed by atoms with Gasteiger partial charge in [0, 0.05) is 12.6 Å². The highest BCUT2D eigenvalue weighted by Gasteiger charge is 2.18. The Labute approximate surface area is 127 Å². The SMILES string of the molecule is CC1CCCCN1CCCNS(=O)(=O)c1ccc(O)cc1. The Kier molecular flexibility index (Phi) is 5.61. The van der Waals surface area contributed by atoms with Crippen molar-refractivity contribution in [2.75, 3.05) is 19.6 Å². The fourth-order valence-electron chi connectivity index (χ4n) is 2.69. The average Bonchev–Trinajstić information content (AvgIpc) is 2.46. The summed E-state index contributed by atoms with van der Waals surface area (Å²) in [5, 5.41) is 9.18. The van der Waals surface area contributed by atoms with Crippen LogP contribution in [-0.4, -0.2) is 44.1 Å². The molecule has 1 fully saturated rings. The van der Waals surface area contributed by atoms with E-state index in [1.807, 2.05) is 0 Å². The van der Waals surface area contributed by atoms with Crippen LogP contribution >= 0.6 is 0 Å². The summed E-state index contributed by atoms with van der Waals surface area (Å²) in [4.78, 5) is 2.62. The second-order valence-corrected chi connectivity index (χ2v) is 7.39. The Balaban J connectivity index is 1.78. The van der Waals surface area contributed by atoms with Crippen molar-refractivity contribution in [1.29, 1.82) is 0 Å². The summed E-state index contributed by atoms with van der Waals surface area (Å²) in [5.41, 5.74) is 0. The third-order valence-electron chi connectivity index (χ3n) is 4.00. The van der Waals surface area contributed by atoms with Crippen LogP contribution in [0.15, 0.2) is 29.2 Å². The molecule has 2 N–H and O–H groups in total. The fraction of sp³-hybridized carbons (Fsp3) is 0.600. The highest BCUT2D eigenvalue weighted by molar-refractivity contribution is 7.89. The number of aromatic hydroxyl groups is 1. The monoisotopic (exact) mass is 312 g/mol. The molecule has 1 aromatic rings.